The molecule has 0 atom stereocenters. The smallest absolute Gasteiger partial charge is 0.347 e. The minimum Gasteiger partial charge on any atom is -0.354 e. The average molecular weight is 489 g/mol. The van der Waals surface area contributed by atoms with E-state index in [4.69, 9.17) is 10.1 Å². The summed E-state index contributed by atoms with van der Waals surface area (Å²) in [5.41, 5.74) is 3.54. The number of likely N-dealkylation sites (N-methyl/N-ethyl adjacent to an activating group) is 1. The Morgan fingerprint density at radius 1 is 1.08 bits per heavy atom. The van der Waals surface area contributed by atoms with Gasteiger partial charge in [0.1, 0.15) is 18.2 Å². The van der Waals surface area contributed by atoms with E-state index in [1.165, 1.54) is 22.9 Å². The molecule has 2 aliphatic heterocycles. The molecule has 0 spiro atoms. The molecule has 1 saturated heterocycles. The third-order valence-electron chi connectivity index (χ3n) is 6.83. The fraction of sp³-hybridized carbons (Fsp3) is 0.320. The molecule has 3 aromatic heterocycles. The van der Waals surface area contributed by atoms with Gasteiger partial charge in [0.2, 0.25) is 5.91 Å². The van der Waals surface area contributed by atoms with Gasteiger partial charge in [0, 0.05) is 55.8 Å². The van der Waals surface area contributed by atoms with Crippen molar-refractivity contribution in [2.45, 2.75) is 19.6 Å². The number of hydrogen-bond acceptors (Lipinski definition) is 7. The lowest BCUT2D eigenvalue weighted by molar-refractivity contribution is -0.132. The van der Waals surface area contributed by atoms with E-state index in [0.717, 1.165) is 48.8 Å². The number of aromatic nitrogens is 5. The van der Waals surface area contributed by atoms with E-state index in [1.54, 1.807) is 29.3 Å². The van der Waals surface area contributed by atoms with Crippen molar-refractivity contribution in [3.8, 4) is 11.3 Å². The highest BCUT2D eigenvalue weighted by atomic mass is 19.1. The second kappa shape index (κ2) is 8.83. The van der Waals surface area contributed by atoms with Crippen LogP contribution in [0.2, 0.25) is 0 Å². The van der Waals surface area contributed by atoms with Gasteiger partial charge in [-0.1, -0.05) is 0 Å². The number of nitrogens with zero attached hydrogens (tertiary/aromatic N) is 8. The van der Waals surface area contributed by atoms with Crippen LogP contribution in [0, 0.1) is 5.82 Å². The largest absolute Gasteiger partial charge is 0.354 e. The minimum absolute atomic E-state index is 0.0731. The number of hydrogen-bond donors (Lipinski definition) is 0. The Morgan fingerprint density at radius 3 is 2.61 bits per heavy atom. The lowest BCUT2D eigenvalue weighted by Gasteiger charge is -2.35. The molecular formula is C25H25FN8O2. The van der Waals surface area contributed by atoms with E-state index in [1.807, 2.05) is 10.6 Å². The number of carbonyl (C=O) groups is 1. The summed E-state index contributed by atoms with van der Waals surface area (Å²) >= 11 is 0. The molecule has 1 amide bonds. The summed E-state index contributed by atoms with van der Waals surface area (Å²) in [7, 11) is 2.10. The fourth-order valence-corrected chi connectivity index (χ4v) is 4.82. The van der Waals surface area contributed by atoms with Crippen molar-refractivity contribution in [2.24, 2.45) is 0 Å². The Balaban J connectivity index is 1.38. The van der Waals surface area contributed by atoms with E-state index in [0.29, 0.717) is 24.4 Å². The molecule has 5 heterocycles. The van der Waals surface area contributed by atoms with Gasteiger partial charge in [-0.15, -0.1) is 0 Å². The van der Waals surface area contributed by atoms with Gasteiger partial charge in [-0.3, -0.25) is 9.36 Å². The molecule has 1 fully saturated rings. The molecular weight excluding hydrogens is 463 g/mol. The second-order valence-corrected chi connectivity index (χ2v) is 9.24. The Morgan fingerprint density at radius 2 is 1.86 bits per heavy atom. The van der Waals surface area contributed by atoms with E-state index >= 15 is 0 Å². The van der Waals surface area contributed by atoms with Crippen molar-refractivity contribution >= 4 is 17.4 Å². The number of fused-ring (bicyclic) bond motifs is 2. The number of carbonyl (C=O) groups excluding carboxylic acids is 1. The number of benzene rings is 1. The molecule has 11 heteroatoms. The number of amides is 1. The predicted octanol–water partition coefficient (Wildman–Crippen LogP) is 1.39. The lowest BCUT2D eigenvalue weighted by Crippen LogP contribution is -2.45. The van der Waals surface area contributed by atoms with Crippen molar-refractivity contribution in [1.82, 2.24) is 33.9 Å². The normalized spacial score (nSPS) is 16.1. The highest BCUT2D eigenvalue weighted by Crippen LogP contribution is 2.33. The lowest BCUT2D eigenvalue weighted by atomic mass is 10.1. The van der Waals surface area contributed by atoms with Crippen LogP contribution in [0.5, 0.6) is 0 Å². The average Bonchev–Trinajstić information content (AvgIpc) is 3.49. The van der Waals surface area contributed by atoms with Crippen molar-refractivity contribution in [3.63, 3.8) is 0 Å². The minimum atomic E-state index is -0.453. The first-order valence-corrected chi connectivity index (χ1v) is 11.9. The molecule has 184 valence electrons. The summed E-state index contributed by atoms with van der Waals surface area (Å²) in [5, 5.41) is 4.85. The van der Waals surface area contributed by atoms with E-state index in [9.17, 15) is 14.0 Å². The van der Waals surface area contributed by atoms with Crippen LogP contribution in [0.15, 0.2) is 53.6 Å². The van der Waals surface area contributed by atoms with E-state index in [2.05, 4.69) is 21.8 Å². The summed E-state index contributed by atoms with van der Waals surface area (Å²) in [6.45, 7) is 4.15. The topological polar surface area (TPSA) is 91.9 Å². The van der Waals surface area contributed by atoms with Crippen LogP contribution in [0.4, 0.5) is 10.2 Å². The van der Waals surface area contributed by atoms with Crippen LogP contribution < -0.4 is 10.6 Å². The first-order chi connectivity index (χ1) is 17.5. The SMILES string of the molecule is CN1CCN(c2c3c(nc4cc(-c5ccc(F)cc5)nn24)CN(C(=O)Cn2cccnc2=O)C3)CC1. The Kier molecular flexibility index (Phi) is 5.48. The van der Waals surface area contributed by atoms with Gasteiger partial charge in [-0.25, -0.2) is 19.2 Å². The predicted molar refractivity (Wildman–Crippen MR) is 131 cm³/mol. The maximum atomic E-state index is 13.5. The summed E-state index contributed by atoms with van der Waals surface area (Å²) in [4.78, 5) is 40.0. The highest BCUT2D eigenvalue weighted by Gasteiger charge is 2.32. The standard InChI is InChI=1S/C25H25FN8O2/c1-30-9-11-31(12-10-30)24-19-14-33(23(35)16-32-8-2-7-27-25(32)36)15-21(19)28-22-13-20(29-34(22)24)17-3-5-18(26)6-4-17/h2-8,13H,9-12,14-16H2,1H3. The van der Waals surface area contributed by atoms with Crippen LogP contribution in [0.1, 0.15) is 11.3 Å². The molecule has 6 rings (SSSR count). The zero-order chi connectivity index (χ0) is 24.8. The molecule has 0 saturated carbocycles. The van der Waals surface area contributed by atoms with Crippen LogP contribution in [-0.4, -0.2) is 73.1 Å². The summed E-state index contributed by atoms with van der Waals surface area (Å²) < 4.78 is 16.6. The van der Waals surface area contributed by atoms with Gasteiger partial charge in [0.05, 0.1) is 24.5 Å². The van der Waals surface area contributed by atoms with Gasteiger partial charge in [-0.05, 0) is 37.4 Å². The van der Waals surface area contributed by atoms with Crippen LogP contribution in [0.3, 0.4) is 0 Å². The van der Waals surface area contributed by atoms with Crippen LogP contribution in [0.25, 0.3) is 16.9 Å². The van der Waals surface area contributed by atoms with Crippen LogP contribution >= 0.6 is 0 Å². The molecule has 0 bridgehead atoms. The third kappa shape index (κ3) is 4.01. The molecule has 10 nitrogen and oxygen atoms in total. The van der Waals surface area contributed by atoms with Gasteiger partial charge in [0.25, 0.3) is 0 Å². The molecule has 0 N–H and O–H groups in total. The van der Waals surface area contributed by atoms with Crippen molar-refractivity contribution in [3.05, 3.63) is 76.4 Å². The second-order valence-electron chi connectivity index (χ2n) is 9.24. The Hall–Kier alpha value is -4.12. The zero-order valence-electron chi connectivity index (χ0n) is 19.8. The summed E-state index contributed by atoms with van der Waals surface area (Å²) in [5.74, 6) is 0.471. The van der Waals surface area contributed by atoms with Gasteiger partial charge < -0.3 is 14.7 Å². The Bertz CT molecular complexity index is 1510. The van der Waals surface area contributed by atoms with Crippen LogP contribution in [-0.2, 0) is 24.4 Å². The van der Waals surface area contributed by atoms with Crippen molar-refractivity contribution in [1.29, 1.82) is 0 Å². The maximum absolute atomic E-state index is 13.5. The monoisotopic (exact) mass is 488 g/mol. The molecule has 0 unspecified atom stereocenters. The zero-order valence-corrected chi connectivity index (χ0v) is 19.8. The highest BCUT2D eigenvalue weighted by molar-refractivity contribution is 5.77. The quantitative estimate of drug-likeness (QED) is 0.429. The molecule has 0 radical (unpaired) electrons. The summed E-state index contributed by atoms with van der Waals surface area (Å²) in [6.07, 6.45) is 2.98. The van der Waals surface area contributed by atoms with Crippen molar-refractivity contribution in [2.75, 3.05) is 38.1 Å². The molecule has 1 aromatic carbocycles. The first-order valence-electron chi connectivity index (χ1n) is 11.9. The summed E-state index contributed by atoms with van der Waals surface area (Å²) in [6, 6.07) is 9.79. The van der Waals surface area contributed by atoms with Gasteiger partial charge in [0.15, 0.2) is 5.65 Å². The van der Waals surface area contributed by atoms with Gasteiger partial charge in [-0.2, -0.15) is 9.61 Å². The number of rotatable bonds is 4. The van der Waals surface area contributed by atoms with Gasteiger partial charge >= 0.3 is 5.69 Å². The fourth-order valence-electron chi connectivity index (χ4n) is 4.82. The molecule has 4 aromatic rings. The number of halogens is 1. The van der Waals surface area contributed by atoms with Crippen molar-refractivity contribution < 1.29 is 9.18 Å². The molecule has 2 aliphatic rings. The van der Waals surface area contributed by atoms with E-state index < -0.39 is 5.69 Å². The third-order valence-corrected chi connectivity index (χ3v) is 6.83. The Labute approximate surface area is 206 Å². The number of anilines is 1. The molecule has 0 aliphatic carbocycles. The maximum Gasteiger partial charge on any atom is 0.347 e. The number of piperazine rings is 1. The first kappa shape index (κ1) is 22.4. The molecule has 36 heavy (non-hydrogen) atoms. The van der Waals surface area contributed by atoms with E-state index in [-0.39, 0.29) is 18.3 Å².